The summed E-state index contributed by atoms with van der Waals surface area (Å²) in [6.07, 6.45) is 3.66. The predicted octanol–water partition coefficient (Wildman–Crippen LogP) is 4.29. The van der Waals surface area contributed by atoms with Crippen molar-refractivity contribution in [3.05, 3.63) is 33.5 Å². The van der Waals surface area contributed by atoms with Gasteiger partial charge in [0, 0.05) is 24.7 Å². The second-order valence-electron chi connectivity index (χ2n) is 7.41. The molecule has 3 heterocycles. The summed E-state index contributed by atoms with van der Waals surface area (Å²) >= 11 is 4.61. The largest absolute Gasteiger partial charge is 0.444 e. The van der Waals surface area contributed by atoms with Gasteiger partial charge in [-0.2, -0.15) is 0 Å². The van der Waals surface area contributed by atoms with Crippen molar-refractivity contribution in [3.8, 4) is 0 Å². The number of alkyl carbamates (subject to hydrolysis) is 1. The fraction of sp³-hybridized carbons (Fsp3) is 0.474. The van der Waals surface area contributed by atoms with E-state index >= 15 is 0 Å². The molecule has 0 aliphatic carbocycles. The zero-order valence-electron chi connectivity index (χ0n) is 15.9. The third-order valence-electron chi connectivity index (χ3n) is 4.00. The third-order valence-corrected chi connectivity index (χ3v) is 5.37. The smallest absolute Gasteiger partial charge is 0.407 e. The number of amides is 2. The molecule has 1 aliphatic heterocycles. The lowest BCUT2D eigenvalue weighted by Gasteiger charge is -2.23. The molecule has 29 heavy (non-hydrogen) atoms. The summed E-state index contributed by atoms with van der Waals surface area (Å²) in [6, 6.07) is 1.82. The molecule has 2 aromatic rings. The van der Waals surface area contributed by atoms with Crippen LogP contribution in [0.1, 0.15) is 45.1 Å². The molecule has 3 rings (SSSR count). The molecule has 0 unspecified atom stereocenters. The molecule has 1 atom stereocenters. The van der Waals surface area contributed by atoms with Gasteiger partial charge in [-0.3, -0.25) is 9.78 Å². The number of pyridine rings is 1. The average molecular weight is 484 g/mol. The maximum Gasteiger partial charge on any atom is 0.407 e. The second-order valence-corrected chi connectivity index (χ2v) is 9.54. The number of carbonyl (C=O) groups excluding carboxylic acids is 2. The third kappa shape index (κ3) is 6.40. The first kappa shape index (κ1) is 23.1. The van der Waals surface area contributed by atoms with Crippen LogP contribution in [-0.2, 0) is 4.74 Å². The zero-order valence-corrected chi connectivity index (χ0v) is 18.3. The number of hydrogen-bond acceptors (Lipinski definition) is 7. The Labute approximate surface area is 183 Å². The molecule has 1 fully saturated rings. The first-order valence-electron chi connectivity index (χ1n) is 8.82. The Morgan fingerprint density at radius 3 is 2.79 bits per heavy atom. The summed E-state index contributed by atoms with van der Waals surface area (Å²) in [7, 11) is 0. The molecule has 0 saturated carbocycles. The molecular weight excluding hydrogens is 458 g/mol. The van der Waals surface area contributed by atoms with E-state index in [0.29, 0.717) is 21.8 Å². The summed E-state index contributed by atoms with van der Waals surface area (Å²) in [6.45, 7) is 6.87. The Morgan fingerprint density at radius 2 is 2.14 bits per heavy atom. The van der Waals surface area contributed by atoms with Crippen LogP contribution in [0, 0.1) is 0 Å². The fourth-order valence-electron chi connectivity index (χ4n) is 2.87. The Kier molecular flexibility index (Phi) is 7.59. The van der Waals surface area contributed by atoms with E-state index in [-0.39, 0.29) is 19.4 Å². The number of halogens is 1. The number of aromatic nitrogens is 2. The normalized spacial score (nSPS) is 16.1. The molecule has 2 N–H and O–H groups in total. The van der Waals surface area contributed by atoms with E-state index in [2.05, 4.69) is 41.4 Å². The Bertz CT molecular complexity index is 868. The summed E-state index contributed by atoms with van der Waals surface area (Å²) in [5.74, 6) is -0.293. The van der Waals surface area contributed by atoms with Crippen molar-refractivity contribution in [1.29, 1.82) is 0 Å². The van der Waals surface area contributed by atoms with Gasteiger partial charge in [0.15, 0.2) is 3.92 Å². The lowest BCUT2D eigenvalue weighted by atomic mass is 10.2. The van der Waals surface area contributed by atoms with Gasteiger partial charge < -0.3 is 20.3 Å². The highest BCUT2D eigenvalue weighted by atomic mass is 79.9. The topological polar surface area (TPSA) is 96.5 Å². The minimum Gasteiger partial charge on any atom is -0.444 e. The quantitative estimate of drug-likeness (QED) is 0.672. The van der Waals surface area contributed by atoms with Crippen LogP contribution in [0.25, 0.3) is 0 Å². The van der Waals surface area contributed by atoms with Gasteiger partial charge >= 0.3 is 6.09 Å². The second kappa shape index (κ2) is 9.53. The Hall–Kier alpha value is -2.20. The van der Waals surface area contributed by atoms with Gasteiger partial charge in [-0.05, 0) is 49.2 Å². The number of carbonyl (C=O) groups is 2. The van der Waals surface area contributed by atoms with Crippen LogP contribution in [0.2, 0.25) is 0 Å². The van der Waals surface area contributed by atoms with E-state index in [9.17, 15) is 9.59 Å². The van der Waals surface area contributed by atoms with E-state index in [1.807, 2.05) is 26.8 Å². The number of nitrogens with one attached hydrogen (secondary N) is 2. The van der Waals surface area contributed by atoms with Crippen LogP contribution in [-0.4, -0.2) is 46.7 Å². The van der Waals surface area contributed by atoms with E-state index in [4.69, 9.17) is 4.74 Å². The van der Waals surface area contributed by atoms with Crippen molar-refractivity contribution >= 4 is 50.6 Å². The highest BCUT2D eigenvalue weighted by molar-refractivity contribution is 9.11. The minimum absolute atomic E-state index is 0. The number of nitrogens with zero attached hydrogens (tertiary/aromatic N) is 3. The molecule has 2 amide bonds. The van der Waals surface area contributed by atoms with Crippen LogP contribution >= 0.6 is 27.3 Å². The SMILES string of the molecule is C.CC(C)(C)OC(=O)N[C@H]1CCN(c2ccncc2NC(=O)c2csc(Br)n2)C1. The van der Waals surface area contributed by atoms with Crippen molar-refractivity contribution in [1.82, 2.24) is 15.3 Å². The molecule has 0 radical (unpaired) electrons. The average Bonchev–Trinajstić information content (AvgIpc) is 3.23. The number of anilines is 2. The van der Waals surface area contributed by atoms with E-state index < -0.39 is 11.7 Å². The van der Waals surface area contributed by atoms with Gasteiger partial charge in [-0.15, -0.1) is 11.3 Å². The Balaban J connectivity index is 0.00000300. The number of ether oxygens (including phenoxy) is 1. The number of hydrogen-bond donors (Lipinski definition) is 2. The molecule has 1 aliphatic rings. The molecule has 10 heteroatoms. The van der Waals surface area contributed by atoms with Crippen molar-refractivity contribution in [3.63, 3.8) is 0 Å². The maximum absolute atomic E-state index is 12.4. The van der Waals surface area contributed by atoms with Crippen LogP contribution in [0.5, 0.6) is 0 Å². The van der Waals surface area contributed by atoms with Crippen LogP contribution < -0.4 is 15.5 Å². The number of rotatable bonds is 4. The lowest BCUT2D eigenvalue weighted by molar-refractivity contribution is 0.0509. The van der Waals surface area contributed by atoms with E-state index in [1.54, 1.807) is 17.8 Å². The summed E-state index contributed by atoms with van der Waals surface area (Å²) in [5, 5.41) is 7.46. The predicted molar refractivity (Wildman–Crippen MR) is 119 cm³/mol. The fourth-order valence-corrected chi connectivity index (χ4v) is 3.86. The van der Waals surface area contributed by atoms with Gasteiger partial charge in [0.1, 0.15) is 11.3 Å². The van der Waals surface area contributed by atoms with Gasteiger partial charge in [-0.1, -0.05) is 7.43 Å². The van der Waals surface area contributed by atoms with Crippen LogP contribution in [0.4, 0.5) is 16.2 Å². The summed E-state index contributed by atoms with van der Waals surface area (Å²) in [5.41, 5.74) is 1.27. The monoisotopic (exact) mass is 483 g/mol. The highest BCUT2D eigenvalue weighted by Gasteiger charge is 2.28. The van der Waals surface area contributed by atoms with Crippen molar-refractivity contribution < 1.29 is 14.3 Å². The van der Waals surface area contributed by atoms with Gasteiger partial charge in [0.2, 0.25) is 0 Å². The molecule has 8 nitrogen and oxygen atoms in total. The zero-order chi connectivity index (χ0) is 20.3. The molecule has 158 valence electrons. The molecule has 1 saturated heterocycles. The van der Waals surface area contributed by atoms with Gasteiger partial charge in [-0.25, -0.2) is 9.78 Å². The standard InChI is InChI=1S/C18H22BrN5O3S.CH4/c1-18(2,3)27-17(26)21-11-5-7-24(9-11)14-4-6-20-8-12(14)22-15(25)13-10-28-16(19)23-13;/h4,6,8,10-11H,5,7,9H2,1-3H3,(H,21,26)(H,22,25);1H4/t11-;/m0./s1. The first-order valence-corrected chi connectivity index (χ1v) is 10.5. The number of thiazole rings is 1. The Morgan fingerprint density at radius 1 is 1.38 bits per heavy atom. The summed E-state index contributed by atoms with van der Waals surface area (Å²) in [4.78, 5) is 34.8. The lowest BCUT2D eigenvalue weighted by Crippen LogP contribution is -2.40. The van der Waals surface area contributed by atoms with Crippen LogP contribution in [0.3, 0.4) is 0 Å². The molecule has 0 spiro atoms. The van der Waals surface area contributed by atoms with E-state index in [0.717, 1.165) is 18.7 Å². The van der Waals surface area contributed by atoms with Gasteiger partial charge in [0.25, 0.3) is 5.91 Å². The van der Waals surface area contributed by atoms with Gasteiger partial charge in [0.05, 0.1) is 23.6 Å². The molecule has 0 aromatic carbocycles. The van der Waals surface area contributed by atoms with Crippen molar-refractivity contribution in [2.45, 2.75) is 46.3 Å². The van der Waals surface area contributed by atoms with Crippen LogP contribution in [0.15, 0.2) is 27.8 Å². The molecular formula is C19H26BrN5O3S. The maximum atomic E-state index is 12.4. The van der Waals surface area contributed by atoms with Crippen molar-refractivity contribution in [2.24, 2.45) is 0 Å². The van der Waals surface area contributed by atoms with Crippen molar-refractivity contribution in [2.75, 3.05) is 23.3 Å². The summed E-state index contributed by atoms with van der Waals surface area (Å²) < 4.78 is 5.98. The minimum atomic E-state index is -0.532. The molecule has 0 bridgehead atoms. The highest BCUT2D eigenvalue weighted by Crippen LogP contribution is 2.29. The van der Waals surface area contributed by atoms with E-state index in [1.165, 1.54) is 11.3 Å². The molecule has 2 aromatic heterocycles. The first-order chi connectivity index (χ1) is 13.2.